The van der Waals surface area contributed by atoms with Crippen LogP contribution in [0.25, 0.3) is 17.1 Å². The van der Waals surface area contributed by atoms with E-state index in [9.17, 15) is 0 Å². The van der Waals surface area contributed by atoms with Crippen molar-refractivity contribution in [3.63, 3.8) is 0 Å². The normalized spacial score (nSPS) is 10.4. The number of hydrogen-bond acceptors (Lipinski definition) is 5. The number of aromatic nitrogens is 5. The minimum atomic E-state index is 0.691. The Balaban J connectivity index is 2.03. The topological polar surface area (TPSA) is 65.7 Å². The molecule has 0 aliphatic rings. The number of nitrogens with zero attached hydrogens (tertiary/aromatic N) is 5. The van der Waals surface area contributed by atoms with Gasteiger partial charge in [-0.2, -0.15) is 5.10 Å². The van der Waals surface area contributed by atoms with Crippen LogP contribution in [-0.2, 0) is 0 Å². The highest BCUT2D eigenvalue weighted by Gasteiger charge is 2.05. The van der Waals surface area contributed by atoms with Gasteiger partial charge in [0.2, 0.25) is 0 Å². The first-order chi connectivity index (χ1) is 9.36. The summed E-state index contributed by atoms with van der Waals surface area (Å²) in [5, 5.41) is 4.14. The summed E-state index contributed by atoms with van der Waals surface area (Å²) in [5.41, 5.74) is 1.64. The molecule has 3 aromatic rings. The molecule has 0 spiro atoms. The van der Waals surface area contributed by atoms with E-state index >= 15 is 0 Å². The van der Waals surface area contributed by atoms with Crippen LogP contribution < -0.4 is 4.74 Å². The van der Waals surface area contributed by atoms with Gasteiger partial charge in [-0.05, 0) is 12.1 Å². The van der Waals surface area contributed by atoms with E-state index in [0.29, 0.717) is 11.6 Å². The van der Waals surface area contributed by atoms with Gasteiger partial charge in [-0.25, -0.2) is 14.6 Å². The van der Waals surface area contributed by atoms with Gasteiger partial charge in [0.15, 0.2) is 5.82 Å². The van der Waals surface area contributed by atoms with Crippen molar-refractivity contribution in [3.05, 3.63) is 49.3 Å². The fourth-order valence-corrected chi connectivity index (χ4v) is 1.71. The van der Waals surface area contributed by atoms with E-state index in [2.05, 4.69) is 20.1 Å². The molecular formula is C13H11N5O. The van der Waals surface area contributed by atoms with Crippen LogP contribution in [0.3, 0.4) is 0 Å². The Morgan fingerprint density at radius 3 is 2.89 bits per heavy atom. The van der Waals surface area contributed by atoms with Crippen LogP contribution in [-0.4, -0.2) is 31.8 Å². The number of ether oxygens (including phenoxy) is 1. The van der Waals surface area contributed by atoms with Crippen LogP contribution in [0.5, 0.6) is 5.75 Å². The predicted octanol–water partition coefficient (Wildman–Crippen LogP) is 1.73. The SMILES string of the molecule is COc1cncc(-c2cc(-n3cccn3)ncn2)c1. The Bertz CT molecular complexity index is 681. The van der Waals surface area contributed by atoms with Crippen molar-refractivity contribution in [3.8, 4) is 22.8 Å². The van der Waals surface area contributed by atoms with E-state index in [-0.39, 0.29) is 0 Å². The second kappa shape index (κ2) is 4.85. The van der Waals surface area contributed by atoms with Gasteiger partial charge >= 0.3 is 0 Å². The highest BCUT2D eigenvalue weighted by molar-refractivity contribution is 5.60. The van der Waals surface area contributed by atoms with Crippen molar-refractivity contribution in [1.82, 2.24) is 24.7 Å². The average molecular weight is 253 g/mol. The fraction of sp³-hybridized carbons (Fsp3) is 0.0769. The average Bonchev–Trinajstić information content (AvgIpc) is 3.02. The molecule has 0 saturated carbocycles. The molecule has 0 radical (unpaired) electrons. The Labute approximate surface area is 109 Å². The zero-order valence-electron chi connectivity index (χ0n) is 10.3. The van der Waals surface area contributed by atoms with Gasteiger partial charge < -0.3 is 4.74 Å². The summed E-state index contributed by atoms with van der Waals surface area (Å²) < 4.78 is 6.83. The lowest BCUT2D eigenvalue weighted by molar-refractivity contribution is 0.413. The van der Waals surface area contributed by atoms with Gasteiger partial charge in [0.25, 0.3) is 0 Å². The van der Waals surface area contributed by atoms with E-state index in [4.69, 9.17) is 4.74 Å². The molecule has 6 nitrogen and oxygen atoms in total. The highest BCUT2D eigenvalue weighted by atomic mass is 16.5. The van der Waals surface area contributed by atoms with E-state index in [0.717, 1.165) is 11.3 Å². The van der Waals surface area contributed by atoms with Gasteiger partial charge in [-0.1, -0.05) is 0 Å². The third-order valence-corrected chi connectivity index (χ3v) is 2.64. The van der Waals surface area contributed by atoms with Gasteiger partial charge in [0, 0.05) is 30.2 Å². The highest BCUT2D eigenvalue weighted by Crippen LogP contribution is 2.21. The number of methoxy groups -OCH3 is 1. The first kappa shape index (κ1) is 11.3. The molecular weight excluding hydrogens is 242 g/mol. The zero-order chi connectivity index (χ0) is 13.1. The summed E-state index contributed by atoms with van der Waals surface area (Å²) in [5.74, 6) is 1.40. The fourth-order valence-electron chi connectivity index (χ4n) is 1.71. The van der Waals surface area contributed by atoms with Gasteiger partial charge in [0.05, 0.1) is 19.0 Å². The predicted molar refractivity (Wildman–Crippen MR) is 68.9 cm³/mol. The molecule has 0 amide bonds. The summed E-state index contributed by atoms with van der Waals surface area (Å²) in [7, 11) is 1.61. The van der Waals surface area contributed by atoms with Crippen molar-refractivity contribution in [2.45, 2.75) is 0 Å². The smallest absolute Gasteiger partial charge is 0.157 e. The Morgan fingerprint density at radius 1 is 1.16 bits per heavy atom. The third-order valence-electron chi connectivity index (χ3n) is 2.64. The first-order valence-corrected chi connectivity index (χ1v) is 5.68. The van der Waals surface area contributed by atoms with E-state index < -0.39 is 0 Å². The Kier molecular flexibility index (Phi) is 2.89. The van der Waals surface area contributed by atoms with Crippen LogP contribution in [0.1, 0.15) is 0 Å². The molecule has 0 bridgehead atoms. The molecule has 0 saturated heterocycles. The lowest BCUT2D eigenvalue weighted by Crippen LogP contribution is -1.99. The maximum absolute atomic E-state index is 5.16. The van der Waals surface area contributed by atoms with E-state index in [1.165, 1.54) is 6.33 Å². The van der Waals surface area contributed by atoms with Crippen molar-refractivity contribution < 1.29 is 4.74 Å². The molecule has 0 atom stereocenters. The third kappa shape index (κ3) is 2.28. The lowest BCUT2D eigenvalue weighted by atomic mass is 10.2. The second-order valence-corrected chi connectivity index (χ2v) is 3.83. The molecule has 6 heteroatoms. The maximum atomic E-state index is 5.16. The largest absolute Gasteiger partial charge is 0.495 e. The van der Waals surface area contributed by atoms with Crippen molar-refractivity contribution in [2.24, 2.45) is 0 Å². The minimum Gasteiger partial charge on any atom is -0.495 e. The van der Waals surface area contributed by atoms with Crippen LogP contribution in [0.2, 0.25) is 0 Å². The van der Waals surface area contributed by atoms with Crippen molar-refractivity contribution in [1.29, 1.82) is 0 Å². The number of rotatable bonds is 3. The number of pyridine rings is 1. The molecule has 0 aromatic carbocycles. The van der Waals surface area contributed by atoms with Crippen molar-refractivity contribution >= 4 is 0 Å². The second-order valence-electron chi connectivity index (χ2n) is 3.83. The monoisotopic (exact) mass is 253 g/mol. The molecule has 0 N–H and O–H groups in total. The molecule has 3 rings (SSSR count). The molecule has 0 aliphatic carbocycles. The lowest BCUT2D eigenvalue weighted by Gasteiger charge is -2.05. The Morgan fingerprint density at radius 2 is 2.11 bits per heavy atom. The van der Waals surface area contributed by atoms with E-state index in [1.807, 2.05) is 24.4 Å². The maximum Gasteiger partial charge on any atom is 0.157 e. The van der Waals surface area contributed by atoms with Gasteiger partial charge in [0.1, 0.15) is 12.1 Å². The van der Waals surface area contributed by atoms with Crippen LogP contribution in [0.15, 0.2) is 49.3 Å². The first-order valence-electron chi connectivity index (χ1n) is 5.68. The molecule has 3 heterocycles. The molecule has 0 unspecified atom stereocenters. The van der Waals surface area contributed by atoms with E-state index in [1.54, 1.807) is 30.4 Å². The molecule has 19 heavy (non-hydrogen) atoms. The van der Waals surface area contributed by atoms with Crippen LogP contribution in [0.4, 0.5) is 0 Å². The summed E-state index contributed by atoms with van der Waals surface area (Å²) >= 11 is 0. The minimum absolute atomic E-state index is 0.691. The van der Waals surface area contributed by atoms with Crippen LogP contribution in [0, 0.1) is 0 Å². The zero-order valence-corrected chi connectivity index (χ0v) is 10.3. The van der Waals surface area contributed by atoms with Gasteiger partial charge in [-0.15, -0.1) is 0 Å². The standard InChI is InChI=1S/C13H11N5O/c1-19-11-5-10(7-14-8-11)12-6-13(16-9-15-12)18-4-2-3-17-18/h2-9H,1H3. The Hall–Kier alpha value is -2.76. The summed E-state index contributed by atoms with van der Waals surface area (Å²) in [6.07, 6.45) is 8.42. The molecule has 0 aliphatic heterocycles. The van der Waals surface area contributed by atoms with Gasteiger partial charge in [-0.3, -0.25) is 4.98 Å². The summed E-state index contributed by atoms with van der Waals surface area (Å²) in [6.45, 7) is 0. The summed E-state index contributed by atoms with van der Waals surface area (Å²) in [4.78, 5) is 12.6. The van der Waals surface area contributed by atoms with Crippen molar-refractivity contribution in [2.75, 3.05) is 7.11 Å². The molecule has 0 fully saturated rings. The molecule has 3 aromatic heterocycles. The molecule has 94 valence electrons. The van der Waals surface area contributed by atoms with Crippen LogP contribution >= 0.6 is 0 Å². The quantitative estimate of drug-likeness (QED) is 0.711. The number of hydrogen-bond donors (Lipinski definition) is 0. The summed E-state index contributed by atoms with van der Waals surface area (Å²) in [6, 6.07) is 5.57.